The lowest BCUT2D eigenvalue weighted by molar-refractivity contribution is -0.923. The molecule has 0 rings (SSSR count). The van der Waals surface area contributed by atoms with Crippen LogP contribution in [0.4, 0.5) is 0 Å². The highest BCUT2D eigenvalue weighted by atomic mass is 16.4. The van der Waals surface area contributed by atoms with Crippen LogP contribution in [0, 0.1) is 0 Å². The molecular weight excluding hydrogens is 482 g/mol. The van der Waals surface area contributed by atoms with Crippen LogP contribution in [-0.4, -0.2) is 50.7 Å². The average molecular weight is 540 g/mol. The lowest BCUT2D eigenvalue weighted by Gasteiger charge is -2.46. The van der Waals surface area contributed by atoms with Crippen LogP contribution in [-0.2, 0) is 14.4 Å². The van der Waals surface area contributed by atoms with Gasteiger partial charge in [-0.15, -0.1) is 0 Å². The van der Waals surface area contributed by atoms with Crippen molar-refractivity contribution >= 4 is 17.9 Å². The van der Waals surface area contributed by atoms with Crippen molar-refractivity contribution in [2.24, 2.45) is 0 Å². The van der Waals surface area contributed by atoms with E-state index in [0.29, 0.717) is 6.42 Å². The van der Waals surface area contributed by atoms with Gasteiger partial charge in [-0.25, -0.2) is 9.59 Å². The van der Waals surface area contributed by atoms with Gasteiger partial charge in [0.15, 0.2) is 12.1 Å². The maximum atomic E-state index is 11.8. The standard InChI is InChI=1S/C31H57NO6/c1-5-6-7-8-9-10-11-12-13-14-15-16-17-18-19-20-21-22-23-24-25-32(26(2)29(33)34,27(3)30(35)36)28(4)31(37)38/h24-28H,5-23H2,1-4H3,(H2-,33,34,35,36,37,38)/b25-24+. The Morgan fingerprint density at radius 3 is 1.21 bits per heavy atom. The molecule has 0 fully saturated rings. The lowest BCUT2D eigenvalue weighted by atomic mass is 10.0. The molecule has 0 aliphatic carbocycles. The maximum Gasteiger partial charge on any atom is 0.362 e. The van der Waals surface area contributed by atoms with Gasteiger partial charge in [0.05, 0.1) is 12.2 Å². The number of rotatable bonds is 26. The first-order valence-electron chi connectivity index (χ1n) is 15.3. The van der Waals surface area contributed by atoms with Crippen LogP contribution < -0.4 is 5.11 Å². The topological polar surface area (TPSA) is 115 Å². The minimum Gasteiger partial charge on any atom is -0.544 e. The van der Waals surface area contributed by atoms with Crippen LogP contribution in [0.25, 0.3) is 0 Å². The Morgan fingerprint density at radius 1 is 0.605 bits per heavy atom. The molecule has 0 saturated heterocycles. The van der Waals surface area contributed by atoms with Crippen molar-refractivity contribution in [1.82, 2.24) is 0 Å². The average Bonchev–Trinajstić information content (AvgIpc) is 2.88. The molecule has 3 unspecified atom stereocenters. The zero-order valence-electron chi connectivity index (χ0n) is 24.8. The zero-order valence-corrected chi connectivity index (χ0v) is 24.8. The molecule has 0 aliphatic heterocycles. The number of hydrogen-bond donors (Lipinski definition) is 2. The minimum absolute atomic E-state index is 0.650. The second-order valence-corrected chi connectivity index (χ2v) is 11.1. The van der Waals surface area contributed by atoms with Crippen molar-refractivity contribution in [3.63, 3.8) is 0 Å². The summed E-state index contributed by atoms with van der Waals surface area (Å²) in [5.41, 5.74) is 0. The summed E-state index contributed by atoms with van der Waals surface area (Å²) in [5.74, 6) is -3.96. The molecule has 0 spiro atoms. The molecule has 7 nitrogen and oxygen atoms in total. The molecule has 7 heteroatoms. The molecule has 222 valence electrons. The van der Waals surface area contributed by atoms with E-state index in [4.69, 9.17) is 0 Å². The quantitative estimate of drug-likeness (QED) is 0.0919. The van der Waals surface area contributed by atoms with E-state index in [-0.39, 0.29) is 0 Å². The Balaban J connectivity index is 4.14. The number of hydrogen-bond acceptors (Lipinski definition) is 4. The van der Waals surface area contributed by atoms with E-state index in [0.717, 1.165) is 19.3 Å². The summed E-state index contributed by atoms with van der Waals surface area (Å²) in [4.78, 5) is 35.2. The van der Waals surface area contributed by atoms with Gasteiger partial charge in [-0.1, -0.05) is 116 Å². The maximum absolute atomic E-state index is 11.8. The summed E-state index contributed by atoms with van der Waals surface area (Å²) in [7, 11) is 0. The van der Waals surface area contributed by atoms with Crippen LogP contribution in [0.3, 0.4) is 0 Å². The summed E-state index contributed by atoms with van der Waals surface area (Å²) in [6, 6.07) is -3.81. The minimum atomic E-state index is -1.47. The molecule has 0 aromatic rings. The molecule has 0 heterocycles. The van der Waals surface area contributed by atoms with Gasteiger partial charge in [0.25, 0.3) is 0 Å². The molecule has 0 amide bonds. The number of aliphatic carboxylic acids is 3. The number of unbranched alkanes of at least 4 members (excludes halogenated alkanes) is 18. The zero-order chi connectivity index (χ0) is 28.8. The Bertz CT molecular complexity index is 627. The van der Waals surface area contributed by atoms with Crippen LogP contribution >= 0.6 is 0 Å². The highest BCUT2D eigenvalue weighted by Gasteiger charge is 2.49. The van der Waals surface area contributed by atoms with Crippen molar-refractivity contribution in [3.05, 3.63) is 12.3 Å². The number of carbonyl (C=O) groups excluding carboxylic acids is 1. The Kier molecular flexibility index (Phi) is 20.9. The number of allylic oxidation sites excluding steroid dienone is 1. The summed E-state index contributed by atoms with van der Waals surface area (Å²) >= 11 is 0. The highest BCUT2D eigenvalue weighted by molar-refractivity contribution is 5.77. The van der Waals surface area contributed by atoms with Gasteiger partial charge < -0.3 is 20.1 Å². The van der Waals surface area contributed by atoms with E-state index in [9.17, 15) is 29.7 Å². The molecule has 0 bridgehead atoms. The first-order valence-corrected chi connectivity index (χ1v) is 15.3. The smallest absolute Gasteiger partial charge is 0.362 e. The number of carboxylic acid groups (broad SMARTS) is 3. The molecule has 0 aliphatic rings. The van der Waals surface area contributed by atoms with Crippen LogP contribution in [0.1, 0.15) is 150 Å². The summed E-state index contributed by atoms with van der Waals surface area (Å²) < 4.78 is -0.716. The van der Waals surface area contributed by atoms with E-state index in [1.165, 1.54) is 123 Å². The Morgan fingerprint density at radius 2 is 0.921 bits per heavy atom. The van der Waals surface area contributed by atoms with Crippen molar-refractivity contribution in [1.29, 1.82) is 0 Å². The van der Waals surface area contributed by atoms with Crippen molar-refractivity contribution in [2.45, 2.75) is 168 Å². The van der Waals surface area contributed by atoms with E-state index in [2.05, 4.69) is 6.92 Å². The molecule has 0 radical (unpaired) electrons. The van der Waals surface area contributed by atoms with Crippen LogP contribution in [0.2, 0.25) is 0 Å². The second-order valence-electron chi connectivity index (χ2n) is 11.1. The summed E-state index contributed by atoms with van der Waals surface area (Å²) in [6.07, 6.45) is 27.2. The third-order valence-electron chi connectivity index (χ3n) is 8.16. The molecule has 0 aromatic carbocycles. The highest BCUT2D eigenvalue weighted by Crippen LogP contribution is 2.27. The summed E-state index contributed by atoms with van der Waals surface area (Å²) in [6.45, 7) is 6.28. The third kappa shape index (κ3) is 14.3. The molecule has 38 heavy (non-hydrogen) atoms. The molecule has 0 aromatic heterocycles. The lowest BCUT2D eigenvalue weighted by Crippen LogP contribution is -2.68. The monoisotopic (exact) mass is 539 g/mol. The van der Waals surface area contributed by atoms with Gasteiger partial charge >= 0.3 is 11.9 Å². The normalized spacial score (nSPS) is 15.7. The molecule has 2 N–H and O–H groups in total. The SMILES string of the molecule is CCCCCCCCCCCCCCCCCCCC/C=C/[N+](C(C)C(=O)[O-])(C(C)C(=O)O)C(C)C(=O)O. The predicted molar refractivity (Wildman–Crippen MR) is 151 cm³/mol. The fourth-order valence-electron chi connectivity index (χ4n) is 5.38. The van der Waals surface area contributed by atoms with Gasteiger partial charge in [-0.05, 0) is 39.7 Å². The molecule has 3 atom stereocenters. The van der Waals surface area contributed by atoms with E-state index >= 15 is 0 Å². The number of nitrogens with zero attached hydrogens (tertiary/aromatic N) is 1. The second kappa shape index (κ2) is 22.0. The fraction of sp³-hybridized carbons (Fsp3) is 0.839. The van der Waals surface area contributed by atoms with Gasteiger partial charge in [-0.2, -0.15) is 0 Å². The Hall–Kier alpha value is -1.89. The van der Waals surface area contributed by atoms with Crippen molar-refractivity contribution in [2.75, 3.05) is 0 Å². The van der Waals surface area contributed by atoms with E-state index in [1.54, 1.807) is 6.08 Å². The van der Waals surface area contributed by atoms with Crippen LogP contribution in [0.5, 0.6) is 0 Å². The van der Waals surface area contributed by atoms with E-state index < -0.39 is 40.5 Å². The first kappa shape index (κ1) is 36.1. The number of carbonyl (C=O) groups is 3. The van der Waals surface area contributed by atoms with Crippen LogP contribution in [0.15, 0.2) is 12.3 Å². The summed E-state index contributed by atoms with van der Waals surface area (Å²) in [5, 5.41) is 30.8. The predicted octanol–water partition coefficient (Wildman–Crippen LogP) is 6.83. The van der Waals surface area contributed by atoms with Gasteiger partial charge in [0, 0.05) is 0 Å². The largest absolute Gasteiger partial charge is 0.544 e. The third-order valence-corrected chi connectivity index (χ3v) is 8.16. The number of carboxylic acids is 3. The Labute approximate surface area is 232 Å². The fourth-order valence-corrected chi connectivity index (χ4v) is 5.38. The first-order chi connectivity index (χ1) is 18.1. The molecular formula is C31H57NO6. The molecule has 0 saturated carbocycles. The number of quaternary nitrogens is 1. The van der Waals surface area contributed by atoms with E-state index in [1.807, 2.05) is 0 Å². The van der Waals surface area contributed by atoms with Gasteiger partial charge in [0.1, 0.15) is 6.04 Å². The van der Waals surface area contributed by atoms with Crippen molar-refractivity contribution < 1.29 is 34.2 Å². The van der Waals surface area contributed by atoms with Gasteiger partial charge in [-0.3, -0.25) is 4.48 Å². The van der Waals surface area contributed by atoms with Gasteiger partial charge in [0.2, 0.25) is 0 Å². The van der Waals surface area contributed by atoms with Crippen molar-refractivity contribution in [3.8, 4) is 0 Å².